The van der Waals surface area contributed by atoms with Gasteiger partial charge < -0.3 is 19.4 Å². The summed E-state index contributed by atoms with van der Waals surface area (Å²) in [5, 5.41) is 0.488. The zero-order valence-electron chi connectivity index (χ0n) is 17.1. The normalized spacial score (nSPS) is 17.2. The van der Waals surface area contributed by atoms with Crippen LogP contribution >= 0.6 is 11.6 Å². The number of ether oxygens (including phenoxy) is 1. The molecule has 2 saturated heterocycles. The van der Waals surface area contributed by atoms with Crippen LogP contribution in [0.1, 0.15) is 29.6 Å². The Labute approximate surface area is 181 Å². The van der Waals surface area contributed by atoms with Crippen molar-refractivity contribution in [1.82, 2.24) is 9.88 Å². The molecule has 0 N–H and O–H groups in total. The number of hydrogen-bond donors (Lipinski definition) is 0. The molecule has 0 unspecified atom stereocenters. The number of carbonyl (C=O) groups excluding carboxylic acids is 1. The van der Waals surface area contributed by atoms with Gasteiger partial charge in [-0.1, -0.05) is 11.6 Å². The quantitative estimate of drug-likeness (QED) is 0.734. The monoisotopic (exact) mass is 432 g/mol. The van der Waals surface area contributed by atoms with Crippen LogP contribution in [0, 0.1) is 5.82 Å². The summed E-state index contributed by atoms with van der Waals surface area (Å²) in [4.78, 5) is 23.3. The van der Waals surface area contributed by atoms with Crippen LogP contribution in [0.15, 0.2) is 30.5 Å². The number of nitrogens with zero attached hydrogens (tertiary/aromatic N) is 4. The molecule has 0 spiro atoms. The molecule has 4 rings (SSSR count). The number of pyridine rings is 1. The van der Waals surface area contributed by atoms with E-state index >= 15 is 0 Å². The van der Waals surface area contributed by atoms with Crippen LogP contribution in [-0.2, 0) is 0 Å². The summed E-state index contributed by atoms with van der Waals surface area (Å²) in [6.45, 7) is 4.45. The zero-order chi connectivity index (χ0) is 21.1. The first-order valence-electron chi connectivity index (χ1n) is 10.3. The molecule has 8 heteroatoms. The van der Waals surface area contributed by atoms with Gasteiger partial charge in [0.15, 0.2) is 11.6 Å². The highest BCUT2D eigenvalue weighted by Crippen LogP contribution is 2.28. The molecule has 2 aliphatic heterocycles. The van der Waals surface area contributed by atoms with Gasteiger partial charge in [-0.2, -0.15) is 0 Å². The highest BCUT2D eigenvalue weighted by Gasteiger charge is 2.23. The zero-order valence-corrected chi connectivity index (χ0v) is 17.9. The molecule has 6 nitrogen and oxygen atoms in total. The van der Waals surface area contributed by atoms with E-state index in [4.69, 9.17) is 16.3 Å². The third-order valence-electron chi connectivity index (χ3n) is 5.79. The molecular formula is C22H26ClFN4O2. The van der Waals surface area contributed by atoms with E-state index in [1.807, 2.05) is 11.0 Å². The van der Waals surface area contributed by atoms with Crippen LogP contribution < -0.4 is 14.5 Å². The first-order chi connectivity index (χ1) is 14.6. The average Bonchev–Trinajstić information content (AvgIpc) is 2.79. The number of benzene rings is 1. The molecule has 0 atom stereocenters. The standard InChI is InChI=1S/C22H26ClFN4O2/c1-30-20-6-5-17(14-19(20)24)26-9-11-27(12-10-26)21-18(23)13-16(15-25-21)22(29)28-7-3-2-4-8-28/h5-6,13-15H,2-4,7-12H2,1H3. The van der Waals surface area contributed by atoms with E-state index in [9.17, 15) is 9.18 Å². The number of amides is 1. The van der Waals surface area contributed by atoms with E-state index in [1.54, 1.807) is 18.3 Å². The predicted octanol–water partition coefficient (Wildman–Crippen LogP) is 3.84. The lowest BCUT2D eigenvalue weighted by atomic mass is 10.1. The lowest BCUT2D eigenvalue weighted by Gasteiger charge is -2.37. The van der Waals surface area contributed by atoms with Crippen LogP contribution in [0.5, 0.6) is 5.75 Å². The van der Waals surface area contributed by atoms with Crippen LogP contribution in [-0.4, -0.2) is 62.2 Å². The Bertz CT molecular complexity index is 912. The molecule has 0 bridgehead atoms. The summed E-state index contributed by atoms with van der Waals surface area (Å²) >= 11 is 6.50. The molecule has 160 valence electrons. The average molecular weight is 433 g/mol. The fraction of sp³-hybridized carbons (Fsp3) is 0.455. The van der Waals surface area contributed by atoms with E-state index in [2.05, 4.69) is 14.8 Å². The van der Waals surface area contributed by atoms with Crippen LogP contribution in [0.2, 0.25) is 5.02 Å². The fourth-order valence-corrected chi connectivity index (χ4v) is 4.37. The van der Waals surface area contributed by atoms with Crippen molar-refractivity contribution in [3.05, 3.63) is 46.9 Å². The second-order valence-corrected chi connectivity index (χ2v) is 8.08. The summed E-state index contributed by atoms with van der Waals surface area (Å²) in [5.41, 5.74) is 1.37. The number of rotatable bonds is 4. The molecule has 0 aliphatic carbocycles. The van der Waals surface area contributed by atoms with Crippen LogP contribution in [0.25, 0.3) is 0 Å². The van der Waals surface area contributed by atoms with Gasteiger partial charge in [0.1, 0.15) is 5.82 Å². The van der Waals surface area contributed by atoms with Gasteiger partial charge in [0.25, 0.3) is 5.91 Å². The lowest BCUT2D eigenvalue weighted by molar-refractivity contribution is 0.0724. The Balaban J connectivity index is 1.41. The van der Waals surface area contributed by atoms with Crippen molar-refractivity contribution in [2.24, 2.45) is 0 Å². The number of piperazine rings is 1. The van der Waals surface area contributed by atoms with Crippen LogP contribution in [0.4, 0.5) is 15.9 Å². The van der Waals surface area contributed by atoms with Crippen LogP contribution in [0.3, 0.4) is 0 Å². The molecule has 2 fully saturated rings. The predicted molar refractivity (Wildman–Crippen MR) is 116 cm³/mol. The second-order valence-electron chi connectivity index (χ2n) is 7.68. The lowest BCUT2D eigenvalue weighted by Crippen LogP contribution is -2.47. The van der Waals surface area contributed by atoms with E-state index < -0.39 is 0 Å². The Morgan fingerprint density at radius 3 is 2.37 bits per heavy atom. The smallest absolute Gasteiger partial charge is 0.255 e. The third kappa shape index (κ3) is 4.31. The molecule has 1 aromatic heterocycles. The van der Waals surface area contributed by atoms with Gasteiger partial charge >= 0.3 is 0 Å². The minimum Gasteiger partial charge on any atom is -0.494 e. The molecule has 2 aliphatic rings. The van der Waals surface area contributed by atoms with Crippen molar-refractivity contribution in [2.45, 2.75) is 19.3 Å². The number of aromatic nitrogens is 1. The van der Waals surface area contributed by atoms with Gasteiger partial charge in [-0.3, -0.25) is 4.79 Å². The van der Waals surface area contributed by atoms with E-state index in [0.717, 1.165) is 44.7 Å². The topological polar surface area (TPSA) is 48.9 Å². The summed E-state index contributed by atoms with van der Waals surface area (Å²) in [7, 11) is 1.46. The minimum absolute atomic E-state index is 0.00185. The van der Waals surface area contributed by atoms with Crippen molar-refractivity contribution >= 4 is 29.0 Å². The van der Waals surface area contributed by atoms with Crippen molar-refractivity contribution in [3.63, 3.8) is 0 Å². The molecule has 3 heterocycles. The van der Waals surface area contributed by atoms with Crippen molar-refractivity contribution in [2.75, 3.05) is 56.2 Å². The Hall–Kier alpha value is -2.54. The number of halogens is 2. The number of anilines is 2. The Morgan fingerprint density at radius 2 is 1.73 bits per heavy atom. The van der Waals surface area contributed by atoms with E-state index in [1.165, 1.54) is 19.6 Å². The van der Waals surface area contributed by atoms with Crippen molar-refractivity contribution < 1.29 is 13.9 Å². The summed E-state index contributed by atoms with van der Waals surface area (Å²) in [6, 6.07) is 6.74. The molecule has 2 aromatic rings. The van der Waals surface area contributed by atoms with E-state index in [-0.39, 0.29) is 17.5 Å². The van der Waals surface area contributed by atoms with Gasteiger partial charge in [-0.25, -0.2) is 9.37 Å². The summed E-state index contributed by atoms with van der Waals surface area (Å²) < 4.78 is 19.0. The number of piperidine rings is 1. The van der Waals surface area contributed by atoms with Gasteiger partial charge in [0.2, 0.25) is 0 Å². The highest BCUT2D eigenvalue weighted by atomic mass is 35.5. The maximum atomic E-state index is 14.0. The molecule has 1 amide bonds. The largest absolute Gasteiger partial charge is 0.494 e. The number of methoxy groups -OCH3 is 1. The molecular weight excluding hydrogens is 407 g/mol. The van der Waals surface area contributed by atoms with Crippen molar-refractivity contribution in [3.8, 4) is 5.75 Å². The second kappa shape index (κ2) is 9.08. The molecule has 0 saturated carbocycles. The van der Waals surface area contributed by atoms with Gasteiger partial charge in [-0.05, 0) is 37.5 Å². The fourth-order valence-electron chi connectivity index (χ4n) is 4.09. The SMILES string of the molecule is COc1ccc(N2CCN(c3ncc(C(=O)N4CCCCC4)cc3Cl)CC2)cc1F. The maximum Gasteiger partial charge on any atom is 0.255 e. The maximum absolute atomic E-state index is 14.0. The van der Waals surface area contributed by atoms with E-state index in [0.29, 0.717) is 29.5 Å². The molecule has 0 radical (unpaired) electrons. The Kier molecular flexibility index (Phi) is 6.27. The van der Waals surface area contributed by atoms with Gasteiger partial charge in [0, 0.05) is 57.2 Å². The first kappa shape index (κ1) is 20.7. The number of hydrogen-bond acceptors (Lipinski definition) is 5. The Morgan fingerprint density at radius 1 is 1.03 bits per heavy atom. The summed E-state index contributed by atoms with van der Waals surface area (Å²) in [5.74, 6) is 0.568. The first-order valence-corrected chi connectivity index (χ1v) is 10.7. The molecule has 1 aromatic carbocycles. The third-order valence-corrected chi connectivity index (χ3v) is 6.07. The highest BCUT2D eigenvalue weighted by molar-refractivity contribution is 6.33. The van der Waals surface area contributed by atoms with Gasteiger partial charge in [0.05, 0.1) is 17.7 Å². The molecule has 30 heavy (non-hydrogen) atoms. The number of likely N-dealkylation sites (tertiary alicyclic amines) is 1. The summed E-state index contributed by atoms with van der Waals surface area (Å²) in [6.07, 6.45) is 4.90. The minimum atomic E-state index is -0.365. The van der Waals surface area contributed by atoms with Gasteiger partial charge in [-0.15, -0.1) is 0 Å². The van der Waals surface area contributed by atoms with Crippen molar-refractivity contribution in [1.29, 1.82) is 0 Å². The number of carbonyl (C=O) groups is 1.